The average molecular weight is 625 g/mol. The zero-order chi connectivity index (χ0) is 32.6. The van der Waals surface area contributed by atoms with E-state index in [1.807, 2.05) is 30.3 Å². The number of imide groups is 2. The second kappa shape index (κ2) is 10.8. The number of hydrogen-bond acceptors (Lipinski definition) is 6. The number of fused-ring (bicyclic) bond motifs is 5. The SMILES string of the molecule is C=Cc1ccc(N2C(=O)[C@H]3[C@H](CC=C4[C@H](C5=COc6ccc(O)cc6C5)[C@@H]5C(=O)N(c6ccc(C=C)cc6)C(=O)[C@@H]5C[C@H]43)C2=O)cc1. The number of carbonyl (C=O) groups excluding carboxylic acids is 4. The molecule has 0 unspecified atom stereocenters. The zero-order valence-corrected chi connectivity index (χ0v) is 25.5. The van der Waals surface area contributed by atoms with Crippen LogP contribution in [0.15, 0.2) is 103 Å². The van der Waals surface area contributed by atoms with Gasteiger partial charge < -0.3 is 9.84 Å². The average Bonchev–Trinajstić information content (AvgIpc) is 3.50. The van der Waals surface area contributed by atoms with Gasteiger partial charge in [-0.15, -0.1) is 0 Å². The van der Waals surface area contributed by atoms with Crippen LogP contribution in [0, 0.1) is 35.5 Å². The van der Waals surface area contributed by atoms with E-state index in [4.69, 9.17) is 4.74 Å². The Kier molecular flexibility index (Phi) is 6.65. The van der Waals surface area contributed by atoms with Crippen molar-refractivity contribution >= 4 is 47.2 Å². The summed E-state index contributed by atoms with van der Waals surface area (Å²) in [6, 6.07) is 19.2. The van der Waals surface area contributed by atoms with E-state index in [-0.39, 0.29) is 35.8 Å². The lowest BCUT2D eigenvalue weighted by molar-refractivity contribution is -0.126. The maximum atomic E-state index is 14.4. The predicted octanol–water partition coefficient (Wildman–Crippen LogP) is 6.07. The van der Waals surface area contributed by atoms with E-state index in [9.17, 15) is 24.3 Å². The molecule has 0 bridgehead atoms. The molecule has 1 saturated carbocycles. The highest BCUT2D eigenvalue weighted by molar-refractivity contribution is 6.24. The summed E-state index contributed by atoms with van der Waals surface area (Å²) in [7, 11) is 0. The molecule has 4 amide bonds. The molecule has 234 valence electrons. The van der Waals surface area contributed by atoms with E-state index in [1.54, 1.807) is 60.9 Å². The number of rotatable bonds is 5. The maximum Gasteiger partial charge on any atom is 0.238 e. The van der Waals surface area contributed by atoms with E-state index in [0.29, 0.717) is 30.0 Å². The van der Waals surface area contributed by atoms with Gasteiger partial charge in [0.25, 0.3) is 0 Å². The Hall–Kier alpha value is -5.50. The summed E-state index contributed by atoms with van der Waals surface area (Å²) in [5, 5.41) is 10.2. The lowest BCUT2D eigenvalue weighted by atomic mass is 9.56. The van der Waals surface area contributed by atoms with Crippen molar-refractivity contribution < 1.29 is 29.0 Å². The number of ether oxygens (including phenoxy) is 1. The van der Waals surface area contributed by atoms with Gasteiger partial charge in [0, 0.05) is 17.9 Å². The molecule has 0 spiro atoms. The van der Waals surface area contributed by atoms with Crippen LogP contribution in [0.2, 0.25) is 0 Å². The van der Waals surface area contributed by atoms with Gasteiger partial charge in [0.2, 0.25) is 23.6 Å². The van der Waals surface area contributed by atoms with Crippen molar-refractivity contribution in [3.05, 3.63) is 120 Å². The third-order valence-corrected chi connectivity index (χ3v) is 10.6. The number of nitrogens with zero attached hydrogens (tertiary/aromatic N) is 2. The summed E-state index contributed by atoms with van der Waals surface area (Å²) in [4.78, 5) is 59.3. The first-order valence-electron chi connectivity index (χ1n) is 15.9. The van der Waals surface area contributed by atoms with Gasteiger partial charge in [-0.1, -0.05) is 61.2 Å². The molecule has 0 radical (unpaired) electrons. The summed E-state index contributed by atoms with van der Waals surface area (Å²) in [5.41, 5.74) is 5.20. The molecule has 2 aliphatic carbocycles. The summed E-state index contributed by atoms with van der Waals surface area (Å²) >= 11 is 0. The number of benzene rings is 3. The van der Waals surface area contributed by atoms with Crippen molar-refractivity contribution in [2.75, 3.05) is 9.80 Å². The number of aromatic hydroxyl groups is 1. The van der Waals surface area contributed by atoms with Crippen molar-refractivity contribution in [1.82, 2.24) is 0 Å². The first-order chi connectivity index (χ1) is 22.8. The first-order valence-corrected chi connectivity index (χ1v) is 15.9. The van der Waals surface area contributed by atoms with Crippen molar-refractivity contribution in [2.45, 2.75) is 19.3 Å². The van der Waals surface area contributed by atoms with Crippen LogP contribution in [0.4, 0.5) is 11.4 Å². The second-order valence-electron chi connectivity index (χ2n) is 12.9. The first kappa shape index (κ1) is 28.9. The van der Waals surface area contributed by atoms with Gasteiger partial charge in [-0.2, -0.15) is 0 Å². The monoisotopic (exact) mass is 624 g/mol. The predicted molar refractivity (Wildman–Crippen MR) is 177 cm³/mol. The van der Waals surface area contributed by atoms with Gasteiger partial charge >= 0.3 is 0 Å². The third kappa shape index (κ3) is 4.35. The summed E-state index contributed by atoms with van der Waals surface area (Å²) < 4.78 is 6.03. The Morgan fingerprint density at radius 3 is 1.94 bits per heavy atom. The Morgan fingerprint density at radius 2 is 1.32 bits per heavy atom. The molecule has 3 aromatic rings. The minimum Gasteiger partial charge on any atom is -0.508 e. The molecule has 8 nitrogen and oxygen atoms in total. The van der Waals surface area contributed by atoms with Crippen LogP contribution in [0.1, 0.15) is 29.5 Å². The zero-order valence-electron chi connectivity index (χ0n) is 25.5. The molecular weight excluding hydrogens is 592 g/mol. The number of hydrogen-bond donors (Lipinski definition) is 1. The van der Waals surface area contributed by atoms with Gasteiger partial charge in [0.1, 0.15) is 11.5 Å². The normalized spacial score (nSPS) is 27.7. The number of amides is 4. The van der Waals surface area contributed by atoms with Gasteiger partial charge in [-0.25, -0.2) is 0 Å². The molecule has 47 heavy (non-hydrogen) atoms. The molecule has 3 aromatic carbocycles. The largest absolute Gasteiger partial charge is 0.508 e. The molecule has 3 fully saturated rings. The van der Waals surface area contributed by atoms with E-state index in [0.717, 1.165) is 27.8 Å². The standard InChI is InChI=1S/C39H32N2O6/c1-3-21-5-9-25(10-6-21)40-36(43)29-15-14-28-30(34(29)38(40)45)19-31-35(33(28)24-17-23-18-27(42)13-16-32(23)47-20-24)39(46)41(37(31)44)26-11-7-22(4-2)8-12-26/h3-14,16,18,20,29-31,33-35,42H,1-2,15,17,19H2/t29-,30+,31+,33-,34-,35+/m0/s1. The molecule has 3 heterocycles. The second-order valence-corrected chi connectivity index (χ2v) is 12.9. The number of phenols is 1. The molecule has 1 N–H and O–H groups in total. The molecular formula is C39H32N2O6. The summed E-state index contributed by atoms with van der Waals surface area (Å²) in [6.07, 6.45) is 8.13. The maximum absolute atomic E-state index is 14.4. The van der Waals surface area contributed by atoms with E-state index < -0.39 is 35.5 Å². The highest BCUT2D eigenvalue weighted by Gasteiger charge is 2.62. The smallest absolute Gasteiger partial charge is 0.238 e. The number of allylic oxidation sites excluding steroid dienone is 3. The Labute approximate surface area is 271 Å². The minimum absolute atomic E-state index is 0.102. The molecule has 5 aliphatic rings. The van der Waals surface area contributed by atoms with Crippen LogP contribution in [-0.2, 0) is 25.6 Å². The van der Waals surface area contributed by atoms with Crippen molar-refractivity contribution in [2.24, 2.45) is 35.5 Å². The Morgan fingerprint density at radius 1 is 0.723 bits per heavy atom. The van der Waals surface area contributed by atoms with Crippen LogP contribution in [-0.4, -0.2) is 28.7 Å². The Balaban J connectivity index is 1.21. The molecule has 8 rings (SSSR count). The number of phenolic OH excluding ortho intramolecular Hbond substituents is 1. The fourth-order valence-corrected chi connectivity index (χ4v) is 8.44. The van der Waals surface area contributed by atoms with Crippen LogP contribution < -0.4 is 14.5 Å². The van der Waals surface area contributed by atoms with Crippen LogP contribution in [0.5, 0.6) is 11.5 Å². The van der Waals surface area contributed by atoms with Gasteiger partial charge in [0.15, 0.2) is 0 Å². The van der Waals surface area contributed by atoms with E-state index in [2.05, 4.69) is 13.2 Å². The van der Waals surface area contributed by atoms with E-state index in [1.165, 1.54) is 9.80 Å². The summed E-state index contributed by atoms with van der Waals surface area (Å²) in [5.74, 6) is -3.96. The quantitative estimate of drug-likeness (QED) is 0.273. The number of anilines is 2. The minimum atomic E-state index is -0.705. The molecule has 0 aromatic heterocycles. The third-order valence-electron chi connectivity index (χ3n) is 10.6. The highest BCUT2D eigenvalue weighted by Crippen LogP contribution is 2.58. The topological polar surface area (TPSA) is 104 Å². The number of carbonyl (C=O) groups is 4. The molecule has 2 saturated heterocycles. The highest BCUT2D eigenvalue weighted by atomic mass is 16.5. The fourth-order valence-electron chi connectivity index (χ4n) is 8.44. The lowest BCUT2D eigenvalue weighted by Gasteiger charge is -2.45. The van der Waals surface area contributed by atoms with Crippen LogP contribution >= 0.6 is 0 Å². The molecule has 3 aliphatic heterocycles. The van der Waals surface area contributed by atoms with Crippen molar-refractivity contribution in [3.63, 3.8) is 0 Å². The fraction of sp³-hybridized carbons (Fsp3) is 0.231. The van der Waals surface area contributed by atoms with Crippen LogP contribution in [0.25, 0.3) is 12.2 Å². The van der Waals surface area contributed by atoms with Gasteiger partial charge in [-0.3, -0.25) is 29.0 Å². The van der Waals surface area contributed by atoms with E-state index >= 15 is 0 Å². The molecule has 8 heteroatoms. The van der Waals surface area contributed by atoms with Crippen LogP contribution in [0.3, 0.4) is 0 Å². The van der Waals surface area contributed by atoms with Gasteiger partial charge in [0.05, 0.1) is 41.3 Å². The lowest BCUT2D eigenvalue weighted by Crippen LogP contribution is -2.45. The van der Waals surface area contributed by atoms with Crippen molar-refractivity contribution in [3.8, 4) is 11.5 Å². The van der Waals surface area contributed by atoms with Crippen molar-refractivity contribution in [1.29, 1.82) is 0 Å². The van der Waals surface area contributed by atoms with Gasteiger partial charge in [-0.05, 0) is 77.9 Å². The Bertz CT molecular complexity index is 1960. The molecule has 6 atom stereocenters. The summed E-state index contributed by atoms with van der Waals surface area (Å²) in [6.45, 7) is 7.58.